The van der Waals surface area contributed by atoms with Crippen LogP contribution in [0, 0.1) is 0 Å². The minimum absolute atomic E-state index is 0. The Morgan fingerprint density at radius 1 is 0.826 bits per heavy atom. The predicted molar refractivity (Wildman–Crippen MR) is 93.4 cm³/mol. The van der Waals surface area contributed by atoms with Gasteiger partial charge in [0.1, 0.15) is 0 Å². The fraction of sp³-hybridized carbons (Fsp3) is 0.222. The smallest absolute Gasteiger partial charge is 0.194 e. The molecule has 4 nitrogen and oxygen atoms in total. The van der Waals surface area contributed by atoms with Crippen LogP contribution in [0.1, 0.15) is 50.2 Å². The van der Waals surface area contributed by atoms with Crippen LogP contribution < -0.4 is 11.5 Å². The Kier molecular flexibility index (Phi) is 5.19. The lowest BCUT2D eigenvalue weighted by Crippen LogP contribution is -2.23. The van der Waals surface area contributed by atoms with Crippen molar-refractivity contribution in [1.29, 1.82) is 0 Å². The number of fused-ring (bicyclic) bond motifs is 2. The first-order chi connectivity index (χ1) is 10.6. The van der Waals surface area contributed by atoms with Crippen LogP contribution >= 0.6 is 12.4 Å². The molecule has 0 spiro atoms. The number of hydrogen-bond donors (Lipinski definition) is 2. The average Bonchev–Trinajstić information content (AvgIpc) is 2.54. The Balaban J connectivity index is 0.00000192. The number of carbonyl (C=O) groups excluding carboxylic acids is 2. The van der Waals surface area contributed by atoms with E-state index < -0.39 is 0 Å². The molecule has 0 atom stereocenters. The van der Waals surface area contributed by atoms with Gasteiger partial charge in [-0.2, -0.15) is 0 Å². The van der Waals surface area contributed by atoms with E-state index in [-0.39, 0.29) is 24.0 Å². The monoisotopic (exact) mass is 330 g/mol. The van der Waals surface area contributed by atoms with E-state index >= 15 is 0 Å². The van der Waals surface area contributed by atoms with E-state index in [1.54, 1.807) is 36.4 Å². The van der Waals surface area contributed by atoms with Gasteiger partial charge in [-0.1, -0.05) is 24.3 Å². The molecule has 0 saturated heterocycles. The quantitative estimate of drug-likeness (QED) is 0.569. The van der Waals surface area contributed by atoms with Crippen LogP contribution in [0.25, 0.3) is 0 Å². The molecule has 0 heterocycles. The predicted octanol–water partition coefficient (Wildman–Crippen LogP) is 2.75. The van der Waals surface area contributed by atoms with Crippen molar-refractivity contribution in [3.05, 3.63) is 64.2 Å². The van der Waals surface area contributed by atoms with Crippen molar-refractivity contribution in [3.8, 4) is 0 Å². The Morgan fingerprint density at radius 3 is 2.13 bits per heavy atom. The molecular formula is C18H19ClN2O2. The van der Waals surface area contributed by atoms with E-state index in [2.05, 4.69) is 0 Å². The normalized spacial score (nSPS) is 12.4. The van der Waals surface area contributed by atoms with Gasteiger partial charge in [-0.25, -0.2) is 0 Å². The van der Waals surface area contributed by atoms with E-state index in [4.69, 9.17) is 11.5 Å². The Labute approximate surface area is 141 Å². The van der Waals surface area contributed by atoms with E-state index in [1.165, 1.54) is 0 Å². The second kappa shape index (κ2) is 6.94. The zero-order valence-corrected chi connectivity index (χ0v) is 13.5. The second-order valence-electron chi connectivity index (χ2n) is 5.51. The Bertz CT molecular complexity index is 772. The van der Waals surface area contributed by atoms with Crippen molar-refractivity contribution in [2.45, 2.75) is 19.3 Å². The highest BCUT2D eigenvalue weighted by Crippen LogP contribution is 2.32. The highest BCUT2D eigenvalue weighted by atomic mass is 35.5. The summed E-state index contributed by atoms with van der Waals surface area (Å²) in [5.41, 5.74) is 14.8. The number of anilines is 1. The van der Waals surface area contributed by atoms with Gasteiger partial charge in [-0.05, 0) is 43.5 Å². The zero-order chi connectivity index (χ0) is 15.7. The molecule has 0 amide bonds. The maximum atomic E-state index is 12.8. The molecule has 0 fully saturated rings. The van der Waals surface area contributed by atoms with Crippen LogP contribution in [0.2, 0.25) is 0 Å². The van der Waals surface area contributed by atoms with Gasteiger partial charge >= 0.3 is 0 Å². The summed E-state index contributed by atoms with van der Waals surface area (Å²) >= 11 is 0. The van der Waals surface area contributed by atoms with Crippen LogP contribution in [0.5, 0.6) is 0 Å². The standard InChI is InChI=1S/C18H18N2O2.ClH/c19-10-4-3-7-13-15(20)9-8-14-16(13)18(22)12-6-2-1-5-11(12)17(14)21;/h1-2,5-6,8-9H,3-4,7,10,19-20H2;1H. The number of ketones is 2. The van der Waals surface area contributed by atoms with Crippen LogP contribution in [0.15, 0.2) is 36.4 Å². The minimum Gasteiger partial charge on any atom is -0.398 e. The molecular weight excluding hydrogens is 312 g/mol. The number of rotatable bonds is 4. The third-order valence-corrected chi connectivity index (χ3v) is 4.12. The summed E-state index contributed by atoms with van der Waals surface area (Å²) in [7, 11) is 0. The summed E-state index contributed by atoms with van der Waals surface area (Å²) in [6, 6.07) is 10.3. The van der Waals surface area contributed by atoms with Crippen molar-refractivity contribution in [3.63, 3.8) is 0 Å². The first kappa shape index (κ1) is 17.2. The summed E-state index contributed by atoms with van der Waals surface area (Å²) in [5.74, 6) is -0.217. The first-order valence-corrected chi connectivity index (χ1v) is 7.45. The molecule has 0 aliphatic heterocycles. The molecule has 120 valence electrons. The molecule has 0 radical (unpaired) electrons. The molecule has 0 aromatic heterocycles. The van der Waals surface area contributed by atoms with E-state index in [0.29, 0.717) is 40.9 Å². The molecule has 1 aliphatic rings. The average molecular weight is 331 g/mol. The molecule has 0 saturated carbocycles. The SMILES string of the molecule is Cl.NCCCCc1c(N)ccc2c1C(=O)c1ccccc1C2=O. The maximum absolute atomic E-state index is 12.8. The summed E-state index contributed by atoms with van der Waals surface area (Å²) in [6.07, 6.45) is 2.37. The number of unbranched alkanes of at least 4 members (excludes halogenated alkanes) is 1. The summed E-state index contributed by atoms with van der Waals surface area (Å²) in [4.78, 5) is 25.5. The number of carbonyl (C=O) groups is 2. The number of hydrogen-bond acceptors (Lipinski definition) is 4. The molecule has 23 heavy (non-hydrogen) atoms. The van der Waals surface area contributed by atoms with Crippen LogP contribution in [0.4, 0.5) is 5.69 Å². The van der Waals surface area contributed by atoms with E-state index in [1.807, 2.05) is 0 Å². The molecule has 3 rings (SSSR count). The highest BCUT2D eigenvalue weighted by Gasteiger charge is 2.31. The molecule has 2 aromatic rings. The highest BCUT2D eigenvalue weighted by molar-refractivity contribution is 6.29. The third-order valence-electron chi connectivity index (χ3n) is 4.12. The van der Waals surface area contributed by atoms with Gasteiger partial charge in [-0.3, -0.25) is 9.59 Å². The summed E-state index contributed by atoms with van der Waals surface area (Å²) < 4.78 is 0. The largest absolute Gasteiger partial charge is 0.398 e. The molecule has 4 N–H and O–H groups in total. The van der Waals surface area contributed by atoms with Crippen molar-refractivity contribution < 1.29 is 9.59 Å². The van der Waals surface area contributed by atoms with Crippen LogP contribution in [-0.4, -0.2) is 18.1 Å². The van der Waals surface area contributed by atoms with Crippen LogP contribution in [0.3, 0.4) is 0 Å². The van der Waals surface area contributed by atoms with Crippen molar-refractivity contribution in [2.24, 2.45) is 5.73 Å². The fourth-order valence-electron chi connectivity index (χ4n) is 2.99. The van der Waals surface area contributed by atoms with Gasteiger partial charge in [-0.15, -0.1) is 12.4 Å². The maximum Gasteiger partial charge on any atom is 0.194 e. The van der Waals surface area contributed by atoms with Crippen molar-refractivity contribution in [2.75, 3.05) is 12.3 Å². The Hall–Kier alpha value is -2.17. The number of benzene rings is 2. The van der Waals surface area contributed by atoms with E-state index in [0.717, 1.165) is 18.4 Å². The third kappa shape index (κ3) is 2.87. The van der Waals surface area contributed by atoms with E-state index in [9.17, 15) is 9.59 Å². The molecule has 5 heteroatoms. The fourth-order valence-corrected chi connectivity index (χ4v) is 2.99. The van der Waals surface area contributed by atoms with Crippen LogP contribution in [-0.2, 0) is 6.42 Å². The van der Waals surface area contributed by atoms with Gasteiger partial charge in [0.25, 0.3) is 0 Å². The molecule has 0 bridgehead atoms. The second-order valence-corrected chi connectivity index (χ2v) is 5.51. The minimum atomic E-state index is -0.111. The van der Waals surface area contributed by atoms with Gasteiger partial charge in [0.05, 0.1) is 0 Å². The zero-order valence-electron chi connectivity index (χ0n) is 12.7. The first-order valence-electron chi connectivity index (χ1n) is 7.45. The lowest BCUT2D eigenvalue weighted by atomic mass is 9.80. The summed E-state index contributed by atoms with van der Waals surface area (Å²) in [5, 5.41) is 0. The number of halogens is 1. The van der Waals surface area contributed by atoms with Gasteiger partial charge in [0.15, 0.2) is 11.6 Å². The summed E-state index contributed by atoms with van der Waals surface area (Å²) in [6.45, 7) is 0.602. The van der Waals surface area contributed by atoms with Crippen molar-refractivity contribution in [1.82, 2.24) is 0 Å². The lowest BCUT2D eigenvalue weighted by Gasteiger charge is -2.21. The molecule has 1 aliphatic carbocycles. The van der Waals surface area contributed by atoms with Gasteiger partial charge in [0.2, 0.25) is 0 Å². The number of nitrogens with two attached hydrogens (primary N) is 2. The van der Waals surface area contributed by atoms with Gasteiger partial charge in [0, 0.05) is 27.9 Å². The number of nitrogen functional groups attached to an aromatic ring is 1. The topological polar surface area (TPSA) is 86.2 Å². The molecule has 2 aromatic carbocycles. The lowest BCUT2D eigenvalue weighted by molar-refractivity contribution is 0.0978. The van der Waals surface area contributed by atoms with Gasteiger partial charge < -0.3 is 11.5 Å². The Morgan fingerprint density at radius 2 is 1.48 bits per heavy atom. The van der Waals surface area contributed by atoms with Crippen molar-refractivity contribution >= 4 is 29.7 Å². The molecule has 0 unspecified atom stereocenters.